The predicted molar refractivity (Wildman–Crippen MR) is 75.5 cm³/mol. The van der Waals surface area contributed by atoms with Crippen LogP contribution in [-0.4, -0.2) is 31.6 Å². The Morgan fingerprint density at radius 2 is 2.00 bits per heavy atom. The molecule has 0 radical (unpaired) electrons. The minimum absolute atomic E-state index is 0.0139. The summed E-state index contributed by atoms with van der Waals surface area (Å²) in [4.78, 5) is 22.8. The van der Waals surface area contributed by atoms with Gasteiger partial charge in [-0.25, -0.2) is 0 Å². The maximum Gasteiger partial charge on any atom is 0.305 e. The molecule has 0 aliphatic carbocycles. The van der Waals surface area contributed by atoms with Gasteiger partial charge in [-0.15, -0.1) is 0 Å². The van der Waals surface area contributed by atoms with Crippen LogP contribution in [0.15, 0.2) is 0 Å². The van der Waals surface area contributed by atoms with E-state index in [9.17, 15) is 9.59 Å². The van der Waals surface area contributed by atoms with E-state index in [1.54, 1.807) is 6.92 Å². The van der Waals surface area contributed by atoms with Crippen molar-refractivity contribution in [3.05, 3.63) is 0 Å². The summed E-state index contributed by atoms with van der Waals surface area (Å²) < 4.78 is 4.81. The molecule has 0 aliphatic rings. The lowest BCUT2D eigenvalue weighted by atomic mass is 9.94. The first kappa shape index (κ1) is 17.9. The van der Waals surface area contributed by atoms with Gasteiger partial charge in [0, 0.05) is 19.4 Å². The fraction of sp³-hybridized carbons (Fsp3) is 0.857. The van der Waals surface area contributed by atoms with Gasteiger partial charge >= 0.3 is 5.97 Å². The molecule has 1 atom stereocenters. The second-order valence-corrected chi connectivity index (χ2v) is 5.19. The van der Waals surface area contributed by atoms with Gasteiger partial charge < -0.3 is 15.8 Å². The zero-order valence-electron chi connectivity index (χ0n) is 12.4. The Hall–Kier alpha value is -1.10. The summed E-state index contributed by atoms with van der Waals surface area (Å²) in [5, 5.41) is 2.82. The number of nitrogens with one attached hydrogen (secondary N) is 1. The third-order valence-corrected chi connectivity index (χ3v) is 2.80. The van der Waals surface area contributed by atoms with Crippen molar-refractivity contribution in [2.75, 3.05) is 19.7 Å². The summed E-state index contributed by atoms with van der Waals surface area (Å²) in [5.74, 6) is 0.589. The molecule has 0 spiro atoms. The van der Waals surface area contributed by atoms with E-state index < -0.39 is 0 Å². The van der Waals surface area contributed by atoms with Gasteiger partial charge in [0.25, 0.3) is 0 Å². The summed E-state index contributed by atoms with van der Waals surface area (Å²) in [6.45, 7) is 7.48. The summed E-state index contributed by atoms with van der Waals surface area (Å²) in [6, 6.07) is 0. The van der Waals surface area contributed by atoms with Crippen LogP contribution >= 0.6 is 0 Å². The Bertz CT molecular complexity index is 267. The first-order valence-corrected chi connectivity index (χ1v) is 7.11. The highest BCUT2D eigenvalue weighted by atomic mass is 16.5. The minimum atomic E-state index is -0.212. The predicted octanol–water partition coefficient (Wildman–Crippen LogP) is 1.46. The fourth-order valence-electron chi connectivity index (χ4n) is 1.96. The van der Waals surface area contributed by atoms with E-state index in [0.717, 1.165) is 6.42 Å². The van der Waals surface area contributed by atoms with Crippen molar-refractivity contribution in [3.63, 3.8) is 0 Å². The Balaban J connectivity index is 3.71. The van der Waals surface area contributed by atoms with Crippen LogP contribution in [0.4, 0.5) is 0 Å². The number of amides is 1. The van der Waals surface area contributed by atoms with Gasteiger partial charge in [-0.1, -0.05) is 13.8 Å². The summed E-state index contributed by atoms with van der Waals surface area (Å²) >= 11 is 0. The van der Waals surface area contributed by atoms with Crippen LogP contribution in [0.5, 0.6) is 0 Å². The average molecular weight is 272 g/mol. The monoisotopic (exact) mass is 272 g/mol. The molecule has 0 saturated carbocycles. The first-order valence-electron chi connectivity index (χ1n) is 7.11. The molecular formula is C14H28N2O3. The van der Waals surface area contributed by atoms with Crippen LogP contribution in [0.1, 0.15) is 46.5 Å². The zero-order valence-corrected chi connectivity index (χ0v) is 12.4. The lowest BCUT2D eigenvalue weighted by Crippen LogP contribution is -2.29. The highest BCUT2D eigenvalue weighted by molar-refractivity contribution is 5.76. The van der Waals surface area contributed by atoms with Gasteiger partial charge in [0.15, 0.2) is 0 Å². The van der Waals surface area contributed by atoms with E-state index in [-0.39, 0.29) is 17.8 Å². The lowest BCUT2D eigenvalue weighted by Gasteiger charge is -2.16. The molecule has 0 saturated heterocycles. The largest absolute Gasteiger partial charge is 0.466 e. The SMILES string of the molecule is CCOC(=O)CCCNC(=O)CC(CN)CC(C)C. The molecule has 1 amide bonds. The molecule has 3 N–H and O–H groups in total. The molecule has 0 rings (SSSR count). The highest BCUT2D eigenvalue weighted by Gasteiger charge is 2.13. The van der Waals surface area contributed by atoms with Crippen molar-refractivity contribution in [2.45, 2.75) is 46.5 Å². The molecule has 0 fully saturated rings. The molecule has 0 heterocycles. The average Bonchev–Trinajstić information content (AvgIpc) is 2.33. The molecule has 19 heavy (non-hydrogen) atoms. The van der Waals surface area contributed by atoms with E-state index in [0.29, 0.717) is 44.9 Å². The number of esters is 1. The molecule has 0 aromatic carbocycles. The summed E-state index contributed by atoms with van der Waals surface area (Å²) in [5.41, 5.74) is 5.66. The Labute approximate surface area is 116 Å². The van der Waals surface area contributed by atoms with Crippen LogP contribution in [-0.2, 0) is 14.3 Å². The van der Waals surface area contributed by atoms with Crippen molar-refractivity contribution < 1.29 is 14.3 Å². The summed E-state index contributed by atoms with van der Waals surface area (Å²) in [6.07, 6.45) is 2.39. The lowest BCUT2D eigenvalue weighted by molar-refractivity contribution is -0.143. The Morgan fingerprint density at radius 1 is 1.32 bits per heavy atom. The molecular weight excluding hydrogens is 244 g/mol. The van der Waals surface area contributed by atoms with Crippen molar-refractivity contribution in [2.24, 2.45) is 17.6 Å². The van der Waals surface area contributed by atoms with Gasteiger partial charge in [0.1, 0.15) is 0 Å². The Kier molecular flexibility index (Phi) is 10.2. The van der Waals surface area contributed by atoms with Crippen LogP contribution in [0.2, 0.25) is 0 Å². The van der Waals surface area contributed by atoms with E-state index in [2.05, 4.69) is 19.2 Å². The van der Waals surface area contributed by atoms with Gasteiger partial charge in [0.05, 0.1) is 6.61 Å². The standard InChI is InChI=1S/C14H28N2O3/c1-4-19-14(18)6-5-7-16-13(17)9-12(10-15)8-11(2)3/h11-12H,4-10,15H2,1-3H3,(H,16,17). The van der Waals surface area contributed by atoms with Crippen LogP contribution in [0.3, 0.4) is 0 Å². The van der Waals surface area contributed by atoms with Crippen molar-refractivity contribution >= 4 is 11.9 Å². The van der Waals surface area contributed by atoms with Crippen molar-refractivity contribution in [3.8, 4) is 0 Å². The summed E-state index contributed by atoms with van der Waals surface area (Å²) in [7, 11) is 0. The van der Waals surface area contributed by atoms with Gasteiger partial charge in [-0.2, -0.15) is 0 Å². The topological polar surface area (TPSA) is 81.4 Å². The van der Waals surface area contributed by atoms with E-state index >= 15 is 0 Å². The van der Waals surface area contributed by atoms with Crippen molar-refractivity contribution in [1.29, 1.82) is 0 Å². The minimum Gasteiger partial charge on any atom is -0.466 e. The maximum absolute atomic E-state index is 11.7. The van der Waals surface area contributed by atoms with Gasteiger partial charge in [0.2, 0.25) is 5.91 Å². The quantitative estimate of drug-likeness (QED) is 0.466. The maximum atomic E-state index is 11.7. The third kappa shape index (κ3) is 10.5. The normalized spacial score (nSPS) is 12.3. The zero-order chi connectivity index (χ0) is 14.7. The number of nitrogens with two attached hydrogens (primary N) is 1. The van der Waals surface area contributed by atoms with E-state index in [4.69, 9.17) is 10.5 Å². The number of hydrogen-bond donors (Lipinski definition) is 2. The van der Waals surface area contributed by atoms with Gasteiger partial charge in [-0.3, -0.25) is 9.59 Å². The Morgan fingerprint density at radius 3 is 2.53 bits per heavy atom. The van der Waals surface area contributed by atoms with E-state index in [1.807, 2.05) is 0 Å². The van der Waals surface area contributed by atoms with Crippen LogP contribution in [0, 0.1) is 11.8 Å². The van der Waals surface area contributed by atoms with Crippen LogP contribution < -0.4 is 11.1 Å². The van der Waals surface area contributed by atoms with Crippen molar-refractivity contribution in [1.82, 2.24) is 5.32 Å². The smallest absolute Gasteiger partial charge is 0.305 e. The number of rotatable bonds is 10. The van der Waals surface area contributed by atoms with Gasteiger partial charge in [-0.05, 0) is 38.1 Å². The molecule has 0 aromatic rings. The molecule has 5 heteroatoms. The first-order chi connectivity index (χ1) is 8.99. The fourth-order valence-corrected chi connectivity index (χ4v) is 1.96. The number of carbonyl (C=O) groups excluding carboxylic acids is 2. The highest BCUT2D eigenvalue weighted by Crippen LogP contribution is 2.13. The number of carbonyl (C=O) groups is 2. The molecule has 112 valence electrons. The molecule has 5 nitrogen and oxygen atoms in total. The number of ether oxygens (including phenoxy) is 1. The number of hydrogen-bond acceptors (Lipinski definition) is 4. The molecule has 0 aliphatic heterocycles. The third-order valence-electron chi connectivity index (χ3n) is 2.80. The second kappa shape index (κ2) is 10.8. The molecule has 0 bridgehead atoms. The molecule has 1 unspecified atom stereocenters. The second-order valence-electron chi connectivity index (χ2n) is 5.19. The molecule has 0 aromatic heterocycles. The van der Waals surface area contributed by atoms with E-state index in [1.165, 1.54) is 0 Å². The van der Waals surface area contributed by atoms with Crippen LogP contribution in [0.25, 0.3) is 0 Å².